The van der Waals surface area contributed by atoms with Gasteiger partial charge in [0, 0.05) is 30.3 Å². The van der Waals surface area contributed by atoms with Gasteiger partial charge >= 0.3 is 0 Å². The van der Waals surface area contributed by atoms with Gasteiger partial charge in [0.25, 0.3) is 0 Å². The number of rotatable bonds is 7. The second-order valence-corrected chi connectivity index (χ2v) is 8.18. The number of H-pyrrole nitrogens is 1. The number of imidazole rings is 1. The fourth-order valence-electron chi connectivity index (χ4n) is 4.32. The summed E-state index contributed by atoms with van der Waals surface area (Å²) < 4.78 is 16.1. The smallest absolute Gasteiger partial charge is 0.238 e. The van der Waals surface area contributed by atoms with Gasteiger partial charge in [-0.3, -0.25) is 9.69 Å². The first-order valence-electron chi connectivity index (χ1n) is 10.8. The summed E-state index contributed by atoms with van der Waals surface area (Å²) >= 11 is 0. The van der Waals surface area contributed by atoms with E-state index >= 15 is 0 Å². The first-order valence-corrected chi connectivity index (χ1v) is 10.8. The van der Waals surface area contributed by atoms with Crippen LogP contribution in [0.5, 0.6) is 17.2 Å². The highest BCUT2D eigenvalue weighted by atomic mass is 16.5. The summed E-state index contributed by atoms with van der Waals surface area (Å²) in [4.78, 5) is 23.2. The fourth-order valence-corrected chi connectivity index (χ4v) is 4.32. The van der Waals surface area contributed by atoms with Crippen molar-refractivity contribution in [2.45, 2.75) is 25.7 Å². The molecule has 0 radical (unpaired) electrons. The molecule has 2 N–H and O–H groups in total. The first-order chi connectivity index (χ1) is 15.5. The molecule has 1 fully saturated rings. The van der Waals surface area contributed by atoms with Crippen molar-refractivity contribution in [3.05, 3.63) is 41.7 Å². The number of piperidine rings is 1. The molecule has 4 rings (SSSR count). The van der Waals surface area contributed by atoms with E-state index < -0.39 is 0 Å². The number of aromatic amines is 1. The minimum Gasteiger partial charge on any atom is -0.493 e. The summed E-state index contributed by atoms with van der Waals surface area (Å²) in [5.41, 5.74) is 3.87. The van der Waals surface area contributed by atoms with Gasteiger partial charge in [0.1, 0.15) is 5.82 Å². The van der Waals surface area contributed by atoms with Crippen molar-refractivity contribution >= 4 is 22.6 Å². The van der Waals surface area contributed by atoms with Crippen molar-refractivity contribution in [3.63, 3.8) is 0 Å². The van der Waals surface area contributed by atoms with Crippen LogP contribution >= 0.6 is 0 Å². The average molecular weight is 439 g/mol. The lowest BCUT2D eigenvalue weighted by molar-refractivity contribution is -0.117. The predicted octanol–water partition coefficient (Wildman–Crippen LogP) is 3.72. The number of nitrogens with one attached hydrogen (secondary N) is 2. The third-order valence-electron chi connectivity index (χ3n) is 5.86. The molecule has 8 nitrogen and oxygen atoms in total. The Morgan fingerprint density at radius 2 is 1.91 bits per heavy atom. The lowest BCUT2D eigenvalue weighted by Crippen LogP contribution is -2.40. The van der Waals surface area contributed by atoms with Gasteiger partial charge in [-0.15, -0.1) is 0 Å². The zero-order valence-electron chi connectivity index (χ0n) is 19.0. The molecule has 8 heteroatoms. The van der Waals surface area contributed by atoms with Crippen molar-refractivity contribution in [2.75, 3.05) is 46.3 Å². The van der Waals surface area contributed by atoms with Gasteiger partial charge in [-0.2, -0.15) is 0 Å². The highest BCUT2D eigenvalue weighted by Crippen LogP contribution is 2.40. The van der Waals surface area contributed by atoms with Gasteiger partial charge in [0.15, 0.2) is 11.5 Å². The average Bonchev–Trinajstić information content (AvgIpc) is 3.21. The molecular formula is C24H30N4O4. The van der Waals surface area contributed by atoms with Crippen LogP contribution in [0.1, 0.15) is 30.1 Å². The van der Waals surface area contributed by atoms with Crippen molar-refractivity contribution in [1.29, 1.82) is 0 Å². The van der Waals surface area contributed by atoms with Crippen LogP contribution in [0.25, 0.3) is 11.0 Å². The molecular weight excluding hydrogens is 408 g/mol. The molecule has 170 valence electrons. The Hall–Kier alpha value is -3.26. The van der Waals surface area contributed by atoms with E-state index in [1.807, 2.05) is 0 Å². The summed E-state index contributed by atoms with van der Waals surface area (Å²) in [6.45, 7) is 4.07. The zero-order valence-corrected chi connectivity index (χ0v) is 19.0. The van der Waals surface area contributed by atoms with E-state index in [1.165, 1.54) is 5.56 Å². The van der Waals surface area contributed by atoms with Gasteiger partial charge in [-0.1, -0.05) is 6.07 Å². The normalized spacial score (nSPS) is 16.7. The maximum atomic E-state index is 12.8. The van der Waals surface area contributed by atoms with Crippen molar-refractivity contribution < 1.29 is 19.0 Å². The quantitative estimate of drug-likeness (QED) is 0.585. The Morgan fingerprint density at radius 1 is 1.16 bits per heavy atom. The number of methoxy groups -OCH3 is 3. The van der Waals surface area contributed by atoms with E-state index in [4.69, 9.17) is 19.2 Å². The Morgan fingerprint density at radius 3 is 2.59 bits per heavy atom. The number of aryl methyl sites for hydroxylation is 1. The molecule has 0 bridgehead atoms. The topological polar surface area (TPSA) is 88.7 Å². The Balaban J connectivity index is 1.42. The van der Waals surface area contributed by atoms with Gasteiger partial charge in [-0.25, -0.2) is 4.98 Å². The first kappa shape index (κ1) is 22.0. The number of likely N-dealkylation sites (tertiary alicyclic amines) is 1. The predicted molar refractivity (Wildman–Crippen MR) is 124 cm³/mol. The monoisotopic (exact) mass is 438 g/mol. The number of benzene rings is 2. The molecule has 32 heavy (non-hydrogen) atoms. The highest BCUT2D eigenvalue weighted by Gasteiger charge is 2.25. The number of amides is 1. The molecule has 1 aliphatic heterocycles. The number of carbonyl (C=O) groups is 1. The van der Waals surface area contributed by atoms with E-state index in [0.29, 0.717) is 29.5 Å². The largest absolute Gasteiger partial charge is 0.493 e. The number of aromatic nitrogens is 2. The van der Waals surface area contributed by atoms with E-state index in [-0.39, 0.29) is 11.8 Å². The van der Waals surface area contributed by atoms with Gasteiger partial charge in [0.05, 0.1) is 38.9 Å². The molecule has 1 atom stereocenters. The van der Waals surface area contributed by atoms with Crippen LogP contribution in [0.2, 0.25) is 0 Å². The van der Waals surface area contributed by atoms with Crippen LogP contribution in [0.4, 0.5) is 5.69 Å². The van der Waals surface area contributed by atoms with Crippen molar-refractivity contribution in [3.8, 4) is 17.2 Å². The van der Waals surface area contributed by atoms with Crippen molar-refractivity contribution in [1.82, 2.24) is 14.9 Å². The lowest BCUT2D eigenvalue weighted by Gasteiger charge is -2.31. The molecule has 0 aliphatic carbocycles. The van der Waals surface area contributed by atoms with Crippen molar-refractivity contribution in [2.24, 2.45) is 0 Å². The van der Waals surface area contributed by atoms with E-state index in [0.717, 1.165) is 42.8 Å². The number of carbonyl (C=O) groups excluding carboxylic acids is 1. The summed E-state index contributed by atoms with van der Waals surface area (Å²) in [5, 5.41) is 2.95. The number of hydrogen-bond acceptors (Lipinski definition) is 6. The van der Waals surface area contributed by atoms with Crippen LogP contribution < -0.4 is 19.5 Å². The summed E-state index contributed by atoms with van der Waals surface area (Å²) in [7, 11) is 4.65. The zero-order chi connectivity index (χ0) is 22.7. The van der Waals surface area contributed by atoms with Crippen LogP contribution in [0.15, 0.2) is 30.3 Å². The molecule has 1 aliphatic rings. The van der Waals surface area contributed by atoms with Crippen LogP contribution in [0.3, 0.4) is 0 Å². The number of anilines is 1. The molecule has 2 heterocycles. The number of fused-ring (bicyclic) bond motifs is 1. The third-order valence-corrected chi connectivity index (χ3v) is 5.86. The molecule has 1 aromatic heterocycles. The van der Waals surface area contributed by atoms with E-state index in [1.54, 1.807) is 33.5 Å². The second-order valence-electron chi connectivity index (χ2n) is 8.18. The van der Waals surface area contributed by atoms with Crippen LogP contribution in [-0.2, 0) is 4.79 Å². The van der Waals surface area contributed by atoms with Crippen LogP contribution in [0, 0.1) is 6.92 Å². The number of hydrogen-bond donors (Lipinski definition) is 2. The number of ether oxygens (including phenoxy) is 3. The minimum absolute atomic E-state index is 0.0832. The summed E-state index contributed by atoms with van der Waals surface area (Å²) in [6, 6.07) is 9.71. The van der Waals surface area contributed by atoms with Crippen LogP contribution in [-0.4, -0.2) is 61.7 Å². The molecule has 0 spiro atoms. The maximum Gasteiger partial charge on any atom is 0.238 e. The molecule has 1 amide bonds. The standard InChI is InChI=1S/C24H30N4O4/c1-15-7-8-18-19(10-15)27-24(26-18)16-6-5-9-28(13-16)14-22(29)25-17-11-20(30-2)23(32-4)21(12-17)31-3/h7-8,10-12,16H,5-6,9,13-14H2,1-4H3,(H,25,29)(H,26,27)/t16-/m0/s1. The highest BCUT2D eigenvalue weighted by molar-refractivity contribution is 5.93. The molecule has 2 aromatic carbocycles. The van der Waals surface area contributed by atoms with E-state index in [9.17, 15) is 4.79 Å². The second kappa shape index (κ2) is 9.48. The van der Waals surface area contributed by atoms with E-state index in [2.05, 4.69) is 40.3 Å². The molecule has 3 aromatic rings. The lowest BCUT2D eigenvalue weighted by atomic mass is 9.97. The Kier molecular flexibility index (Phi) is 6.50. The SMILES string of the molecule is COc1cc(NC(=O)CN2CCC[C@H](c3nc4ccc(C)cc4[nH]3)C2)cc(OC)c1OC. The minimum atomic E-state index is -0.0832. The van der Waals surface area contributed by atoms with Gasteiger partial charge in [-0.05, 0) is 44.0 Å². The fraction of sp³-hybridized carbons (Fsp3) is 0.417. The molecule has 0 unspecified atom stereocenters. The maximum absolute atomic E-state index is 12.8. The van der Waals surface area contributed by atoms with Gasteiger partial charge in [0.2, 0.25) is 11.7 Å². The summed E-state index contributed by atoms with van der Waals surface area (Å²) in [5.74, 6) is 2.69. The summed E-state index contributed by atoms with van der Waals surface area (Å²) in [6.07, 6.45) is 2.09. The Labute approximate surface area is 187 Å². The Bertz CT molecular complexity index is 1090. The third kappa shape index (κ3) is 4.65. The molecule has 1 saturated heterocycles. The van der Waals surface area contributed by atoms with Gasteiger partial charge < -0.3 is 24.5 Å². The number of nitrogens with zero attached hydrogens (tertiary/aromatic N) is 2. The molecule has 0 saturated carbocycles.